The van der Waals surface area contributed by atoms with Crippen molar-refractivity contribution in [1.82, 2.24) is 9.97 Å². The van der Waals surface area contributed by atoms with Crippen LogP contribution in [-0.2, 0) is 4.74 Å². The van der Waals surface area contributed by atoms with E-state index >= 15 is 0 Å². The summed E-state index contributed by atoms with van der Waals surface area (Å²) in [6.45, 7) is 0.600. The van der Waals surface area contributed by atoms with Gasteiger partial charge < -0.3 is 14.5 Å². The number of benzene rings is 2. The van der Waals surface area contributed by atoms with Gasteiger partial charge in [0.2, 0.25) is 5.95 Å². The number of nitrogens with zero attached hydrogens (tertiary/aromatic N) is 1. The van der Waals surface area contributed by atoms with Crippen LogP contribution in [0.5, 0.6) is 5.75 Å². The first-order valence-corrected chi connectivity index (χ1v) is 8.38. The lowest BCUT2D eigenvalue weighted by molar-refractivity contribution is 0.186. The predicted molar refractivity (Wildman–Crippen MR) is 94.8 cm³/mol. The van der Waals surface area contributed by atoms with Crippen molar-refractivity contribution in [1.29, 1.82) is 0 Å². The van der Waals surface area contributed by atoms with Gasteiger partial charge in [-0.25, -0.2) is 9.78 Å². The van der Waals surface area contributed by atoms with Gasteiger partial charge in [0.1, 0.15) is 5.75 Å². The number of aromatic amines is 1. The summed E-state index contributed by atoms with van der Waals surface area (Å²) in [5, 5.41) is 2.50. The lowest BCUT2D eigenvalue weighted by Crippen LogP contribution is -2.11. The Morgan fingerprint density at radius 2 is 2.08 bits per heavy atom. The van der Waals surface area contributed by atoms with Crippen LogP contribution in [0.15, 0.2) is 53.4 Å². The first-order valence-electron chi connectivity index (χ1n) is 7.40. The molecule has 0 saturated heterocycles. The molecule has 1 heterocycles. The molecule has 0 unspecified atom stereocenters. The molecule has 3 rings (SSSR count). The number of rotatable bonds is 6. The molecule has 2 aromatic carbocycles. The van der Waals surface area contributed by atoms with Crippen LogP contribution >= 0.6 is 11.8 Å². The molecule has 0 aliphatic rings. The second-order valence-corrected chi connectivity index (χ2v) is 6.06. The van der Waals surface area contributed by atoms with Crippen molar-refractivity contribution in [2.75, 3.05) is 24.8 Å². The summed E-state index contributed by atoms with van der Waals surface area (Å²) in [5.41, 5.74) is 1.53. The van der Waals surface area contributed by atoms with Gasteiger partial charge in [0, 0.05) is 16.7 Å². The van der Waals surface area contributed by atoms with Crippen molar-refractivity contribution < 1.29 is 14.3 Å². The highest BCUT2D eigenvalue weighted by molar-refractivity contribution is 7.99. The minimum Gasteiger partial charge on any atom is -0.493 e. The highest BCUT2D eigenvalue weighted by Crippen LogP contribution is 2.22. The van der Waals surface area contributed by atoms with E-state index < -0.39 is 6.09 Å². The molecular formula is C17H17N3O3S. The lowest BCUT2D eigenvalue weighted by atomic mass is 10.3. The van der Waals surface area contributed by atoms with E-state index in [2.05, 4.69) is 32.2 Å². The predicted octanol–water partition coefficient (Wildman–Crippen LogP) is 3.91. The highest BCUT2D eigenvalue weighted by atomic mass is 32.2. The molecule has 124 valence electrons. The fourth-order valence-electron chi connectivity index (χ4n) is 2.12. The topological polar surface area (TPSA) is 76.2 Å². The number of hydrogen-bond donors (Lipinski definition) is 2. The highest BCUT2D eigenvalue weighted by Gasteiger charge is 2.07. The summed E-state index contributed by atoms with van der Waals surface area (Å²) < 4.78 is 10.3. The fourth-order valence-corrected chi connectivity index (χ4v) is 2.87. The molecule has 0 radical (unpaired) electrons. The number of methoxy groups -OCH3 is 1. The molecule has 7 heteroatoms. The van der Waals surface area contributed by atoms with Crippen LogP contribution in [0, 0.1) is 0 Å². The molecule has 0 bridgehead atoms. The third kappa shape index (κ3) is 4.20. The average Bonchev–Trinajstić information content (AvgIpc) is 3.01. The van der Waals surface area contributed by atoms with Crippen molar-refractivity contribution >= 4 is 34.8 Å². The van der Waals surface area contributed by atoms with Crippen LogP contribution in [-0.4, -0.2) is 35.5 Å². The molecule has 0 saturated carbocycles. The van der Waals surface area contributed by atoms with Gasteiger partial charge in [0.15, 0.2) is 0 Å². The van der Waals surface area contributed by atoms with Crippen LogP contribution in [0.1, 0.15) is 0 Å². The average molecular weight is 343 g/mol. The lowest BCUT2D eigenvalue weighted by Gasteiger charge is -2.05. The third-order valence-electron chi connectivity index (χ3n) is 3.22. The summed E-state index contributed by atoms with van der Waals surface area (Å²) >= 11 is 1.75. The van der Waals surface area contributed by atoms with Crippen LogP contribution in [0.4, 0.5) is 10.7 Å². The second-order valence-electron chi connectivity index (χ2n) is 4.89. The number of H-pyrrole nitrogens is 1. The molecule has 6 nitrogen and oxygen atoms in total. The quantitative estimate of drug-likeness (QED) is 0.524. The molecule has 0 aliphatic heterocycles. The summed E-state index contributed by atoms with van der Waals surface area (Å²) in [5.74, 6) is 1.94. The minimum absolute atomic E-state index is 0.341. The summed E-state index contributed by atoms with van der Waals surface area (Å²) in [7, 11) is 1.30. The number of carbonyl (C=O) groups excluding carboxylic acids is 1. The van der Waals surface area contributed by atoms with Crippen molar-refractivity contribution in [3.63, 3.8) is 0 Å². The monoisotopic (exact) mass is 343 g/mol. The van der Waals surface area contributed by atoms with Gasteiger partial charge in [-0.15, -0.1) is 11.8 Å². The SMILES string of the molecule is COC(=O)Nc1nc2cc(OCCSc3ccccc3)ccc2[nH]1. The van der Waals surface area contributed by atoms with Crippen molar-refractivity contribution in [3.8, 4) is 5.75 Å². The maximum absolute atomic E-state index is 11.2. The zero-order valence-corrected chi connectivity index (χ0v) is 13.9. The molecular weight excluding hydrogens is 326 g/mol. The van der Waals surface area contributed by atoms with Gasteiger partial charge in [-0.1, -0.05) is 18.2 Å². The van der Waals surface area contributed by atoms with E-state index in [1.165, 1.54) is 12.0 Å². The first kappa shape index (κ1) is 16.2. The van der Waals surface area contributed by atoms with Crippen molar-refractivity contribution in [2.45, 2.75) is 4.90 Å². The number of ether oxygens (including phenoxy) is 2. The Labute approximate surface area is 143 Å². The van der Waals surface area contributed by atoms with Crippen molar-refractivity contribution in [3.05, 3.63) is 48.5 Å². The van der Waals surface area contributed by atoms with Gasteiger partial charge in [-0.2, -0.15) is 0 Å². The fraction of sp³-hybridized carbons (Fsp3) is 0.176. The van der Waals surface area contributed by atoms with E-state index in [4.69, 9.17) is 4.74 Å². The van der Waals surface area contributed by atoms with E-state index in [1.54, 1.807) is 11.8 Å². The number of imidazole rings is 1. The molecule has 24 heavy (non-hydrogen) atoms. The first-order chi connectivity index (χ1) is 11.7. The number of hydrogen-bond acceptors (Lipinski definition) is 5. The van der Waals surface area contributed by atoms with E-state index in [0.717, 1.165) is 22.5 Å². The smallest absolute Gasteiger partial charge is 0.413 e. The largest absolute Gasteiger partial charge is 0.493 e. The number of thioether (sulfide) groups is 1. The summed E-state index contributed by atoms with van der Waals surface area (Å²) in [6.07, 6.45) is -0.566. The van der Waals surface area contributed by atoms with Gasteiger partial charge in [0.25, 0.3) is 0 Å². The summed E-state index contributed by atoms with van der Waals surface area (Å²) in [6, 6.07) is 15.8. The minimum atomic E-state index is -0.566. The van der Waals surface area contributed by atoms with Crippen LogP contribution < -0.4 is 10.1 Å². The Hall–Kier alpha value is -2.67. The molecule has 0 fully saturated rings. The van der Waals surface area contributed by atoms with Crippen LogP contribution in [0.3, 0.4) is 0 Å². The molecule has 1 amide bonds. The number of fused-ring (bicyclic) bond motifs is 1. The van der Waals surface area contributed by atoms with Crippen LogP contribution in [0.25, 0.3) is 11.0 Å². The molecule has 3 aromatic rings. The van der Waals surface area contributed by atoms with E-state index in [-0.39, 0.29) is 0 Å². The number of aromatic nitrogens is 2. The van der Waals surface area contributed by atoms with Crippen molar-refractivity contribution in [2.24, 2.45) is 0 Å². The summed E-state index contributed by atoms with van der Waals surface area (Å²) in [4.78, 5) is 19.7. The zero-order valence-electron chi connectivity index (χ0n) is 13.1. The van der Waals surface area contributed by atoms with E-state index in [0.29, 0.717) is 12.6 Å². The Kier molecular flexibility index (Phi) is 5.22. The Morgan fingerprint density at radius 3 is 2.88 bits per heavy atom. The standard InChI is InChI=1S/C17H17N3O3S/c1-22-17(21)20-16-18-14-8-7-12(11-15(14)19-16)23-9-10-24-13-5-3-2-4-6-13/h2-8,11H,9-10H2,1H3,(H2,18,19,20,21). The van der Waals surface area contributed by atoms with Gasteiger partial charge in [-0.05, 0) is 24.3 Å². The molecule has 2 N–H and O–H groups in total. The molecule has 1 aromatic heterocycles. The number of amides is 1. The van der Waals surface area contributed by atoms with Gasteiger partial charge >= 0.3 is 6.09 Å². The van der Waals surface area contributed by atoms with Crippen LogP contribution in [0.2, 0.25) is 0 Å². The number of nitrogens with one attached hydrogen (secondary N) is 2. The maximum atomic E-state index is 11.2. The van der Waals surface area contributed by atoms with E-state index in [1.807, 2.05) is 36.4 Å². The molecule has 0 atom stereocenters. The van der Waals surface area contributed by atoms with E-state index in [9.17, 15) is 4.79 Å². The number of carbonyl (C=O) groups is 1. The molecule has 0 aliphatic carbocycles. The Balaban J connectivity index is 1.56. The normalized spacial score (nSPS) is 10.5. The zero-order chi connectivity index (χ0) is 16.8. The van der Waals surface area contributed by atoms with Gasteiger partial charge in [0.05, 0.1) is 24.8 Å². The number of anilines is 1. The van der Waals surface area contributed by atoms with Gasteiger partial charge in [-0.3, -0.25) is 5.32 Å². The Bertz CT molecular complexity index is 820. The third-order valence-corrected chi connectivity index (χ3v) is 4.20. The molecule has 0 spiro atoms. The Morgan fingerprint density at radius 1 is 1.25 bits per heavy atom. The maximum Gasteiger partial charge on any atom is 0.413 e. The second kappa shape index (κ2) is 7.74.